The summed E-state index contributed by atoms with van der Waals surface area (Å²) >= 11 is 1.31. The van der Waals surface area contributed by atoms with Gasteiger partial charge in [-0.3, -0.25) is 14.2 Å². The van der Waals surface area contributed by atoms with Gasteiger partial charge in [0.15, 0.2) is 5.16 Å². The van der Waals surface area contributed by atoms with Gasteiger partial charge in [-0.2, -0.15) is 0 Å². The summed E-state index contributed by atoms with van der Waals surface area (Å²) in [6.07, 6.45) is 0.999. The van der Waals surface area contributed by atoms with E-state index in [1.54, 1.807) is 10.6 Å². The Morgan fingerprint density at radius 1 is 1.07 bits per heavy atom. The molecular formula is C24H29N3O2S. The van der Waals surface area contributed by atoms with Gasteiger partial charge in [0.25, 0.3) is 5.56 Å². The fraction of sp³-hybridized carbons (Fsp3) is 0.375. The van der Waals surface area contributed by atoms with Gasteiger partial charge in [-0.25, -0.2) is 4.98 Å². The van der Waals surface area contributed by atoms with Crippen LogP contribution in [0.4, 0.5) is 5.69 Å². The Morgan fingerprint density at radius 3 is 2.43 bits per heavy atom. The topological polar surface area (TPSA) is 64.0 Å². The number of carbonyl (C=O) groups is 1. The summed E-state index contributed by atoms with van der Waals surface area (Å²) < 4.78 is 1.67. The lowest BCUT2D eigenvalue weighted by atomic mass is 9.97. The predicted octanol–water partition coefficient (Wildman–Crippen LogP) is 5.61. The fourth-order valence-electron chi connectivity index (χ4n) is 3.37. The summed E-state index contributed by atoms with van der Waals surface area (Å²) in [5.41, 5.74) is 2.55. The number of fused-ring (bicyclic) bond motifs is 1. The van der Waals surface area contributed by atoms with E-state index in [0.29, 0.717) is 22.0 Å². The number of para-hydroxylation sites is 2. The number of carbonyl (C=O) groups excluding carboxylic acids is 1. The molecule has 0 saturated carbocycles. The summed E-state index contributed by atoms with van der Waals surface area (Å²) in [6, 6.07) is 15.2. The molecule has 0 radical (unpaired) electrons. The lowest BCUT2D eigenvalue weighted by Crippen LogP contribution is -2.28. The van der Waals surface area contributed by atoms with Gasteiger partial charge in [-0.05, 0) is 56.9 Å². The molecule has 158 valence electrons. The van der Waals surface area contributed by atoms with Crippen molar-refractivity contribution in [3.05, 3.63) is 64.4 Å². The highest BCUT2D eigenvalue weighted by atomic mass is 32.2. The normalized spacial score (nSPS) is 13.4. The molecule has 0 fully saturated rings. The molecule has 2 aromatic carbocycles. The Hall–Kier alpha value is -2.60. The van der Waals surface area contributed by atoms with E-state index in [-0.39, 0.29) is 17.5 Å². The molecule has 0 unspecified atom stereocenters. The molecule has 3 rings (SSSR count). The molecule has 0 spiro atoms. The van der Waals surface area contributed by atoms with Crippen molar-refractivity contribution in [3.8, 4) is 0 Å². The lowest BCUT2D eigenvalue weighted by molar-refractivity contribution is -0.115. The second-order valence-electron chi connectivity index (χ2n) is 7.83. The summed E-state index contributed by atoms with van der Waals surface area (Å²) in [5.74, 6) is 0.256. The number of nitrogens with zero attached hydrogens (tertiary/aromatic N) is 2. The van der Waals surface area contributed by atoms with Crippen molar-refractivity contribution in [2.45, 2.75) is 63.4 Å². The Bertz CT molecular complexity index is 1110. The average Bonchev–Trinajstić information content (AvgIpc) is 2.73. The van der Waals surface area contributed by atoms with Gasteiger partial charge in [-0.1, -0.05) is 55.9 Å². The maximum absolute atomic E-state index is 13.0. The molecule has 1 aromatic heterocycles. The molecule has 3 aromatic rings. The summed E-state index contributed by atoms with van der Waals surface area (Å²) in [4.78, 5) is 30.6. The van der Waals surface area contributed by atoms with E-state index in [1.165, 1.54) is 11.8 Å². The minimum atomic E-state index is -0.409. The van der Waals surface area contributed by atoms with E-state index >= 15 is 0 Å². The standard InChI is InChI=1S/C24H29N3O2S/c1-6-16(4)18-11-7-9-13-20(18)25-22(28)17(5)30-24-26-21-14-10-8-12-19(21)23(29)27(24)15(2)3/h7-17H,6H2,1-5H3,(H,25,28)/t16-,17+/m1/s1. The van der Waals surface area contributed by atoms with Crippen molar-refractivity contribution in [2.75, 3.05) is 5.32 Å². The Kier molecular flexibility index (Phi) is 6.98. The zero-order valence-electron chi connectivity index (χ0n) is 18.2. The zero-order valence-corrected chi connectivity index (χ0v) is 19.0. The number of hydrogen-bond donors (Lipinski definition) is 1. The van der Waals surface area contributed by atoms with Crippen LogP contribution in [-0.4, -0.2) is 20.7 Å². The van der Waals surface area contributed by atoms with Crippen LogP contribution in [-0.2, 0) is 4.79 Å². The largest absolute Gasteiger partial charge is 0.325 e. The van der Waals surface area contributed by atoms with E-state index in [0.717, 1.165) is 17.7 Å². The maximum atomic E-state index is 13.0. The molecule has 1 amide bonds. The predicted molar refractivity (Wildman–Crippen MR) is 125 cm³/mol. The van der Waals surface area contributed by atoms with Crippen LogP contribution in [0.3, 0.4) is 0 Å². The van der Waals surface area contributed by atoms with Gasteiger partial charge >= 0.3 is 0 Å². The number of benzene rings is 2. The number of nitrogens with one attached hydrogen (secondary N) is 1. The summed E-state index contributed by atoms with van der Waals surface area (Å²) in [5, 5.41) is 3.82. The Morgan fingerprint density at radius 2 is 1.73 bits per heavy atom. The molecule has 5 nitrogen and oxygen atoms in total. The van der Waals surface area contributed by atoms with Crippen LogP contribution >= 0.6 is 11.8 Å². The third kappa shape index (κ3) is 4.59. The van der Waals surface area contributed by atoms with Gasteiger partial charge < -0.3 is 5.32 Å². The third-order valence-corrected chi connectivity index (χ3v) is 6.37. The zero-order chi connectivity index (χ0) is 21.8. The van der Waals surface area contributed by atoms with E-state index in [4.69, 9.17) is 4.98 Å². The second-order valence-corrected chi connectivity index (χ2v) is 9.13. The van der Waals surface area contributed by atoms with E-state index < -0.39 is 5.25 Å². The number of anilines is 1. The molecule has 0 saturated heterocycles. The maximum Gasteiger partial charge on any atom is 0.262 e. The molecule has 1 N–H and O–H groups in total. The van der Waals surface area contributed by atoms with Crippen molar-refractivity contribution in [3.63, 3.8) is 0 Å². The van der Waals surface area contributed by atoms with Gasteiger partial charge in [-0.15, -0.1) is 0 Å². The number of hydrogen-bond acceptors (Lipinski definition) is 4. The van der Waals surface area contributed by atoms with E-state index in [1.807, 2.05) is 57.2 Å². The van der Waals surface area contributed by atoms with E-state index in [9.17, 15) is 9.59 Å². The molecule has 0 aliphatic heterocycles. The first kappa shape index (κ1) is 22.1. The number of rotatable bonds is 7. The van der Waals surface area contributed by atoms with Crippen LogP contribution in [0.1, 0.15) is 58.6 Å². The van der Waals surface area contributed by atoms with Crippen LogP contribution in [0, 0.1) is 0 Å². The average molecular weight is 424 g/mol. The summed E-state index contributed by atoms with van der Waals surface area (Å²) in [6.45, 7) is 10.0. The highest BCUT2D eigenvalue weighted by Gasteiger charge is 2.21. The van der Waals surface area contributed by atoms with Crippen LogP contribution in [0.5, 0.6) is 0 Å². The first-order valence-electron chi connectivity index (χ1n) is 10.4. The highest BCUT2D eigenvalue weighted by Crippen LogP contribution is 2.29. The van der Waals surface area contributed by atoms with Crippen molar-refractivity contribution in [1.82, 2.24) is 9.55 Å². The van der Waals surface area contributed by atoms with Crippen LogP contribution in [0.15, 0.2) is 58.5 Å². The molecule has 1 heterocycles. The van der Waals surface area contributed by atoms with Crippen molar-refractivity contribution < 1.29 is 4.79 Å². The number of amides is 1. The van der Waals surface area contributed by atoms with Gasteiger partial charge in [0.1, 0.15) is 0 Å². The first-order valence-corrected chi connectivity index (χ1v) is 11.3. The molecule has 6 heteroatoms. The fourth-order valence-corrected chi connectivity index (χ4v) is 4.41. The molecular weight excluding hydrogens is 394 g/mol. The van der Waals surface area contributed by atoms with Gasteiger partial charge in [0, 0.05) is 11.7 Å². The van der Waals surface area contributed by atoms with Crippen molar-refractivity contribution >= 4 is 34.3 Å². The molecule has 0 aliphatic rings. The Labute approximate surface area is 181 Å². The van der Waals surface area contributed by atoms with Gasteiger partial charge in [0.2, 0.25) is 5.91 Å². The molecule has 30 heavy (non-hydrogen) atoms. The van der Waals surface area contributed by atoms with Crippen molar-refractivity contribution in [2.24, 2.45) is 0 Å². The van der Waals surface area contributed by atoms with Gasteiger partial charge in [0.05, 0.1) is 16.2 Å². The van der Waals surface area contributed by atoms with Crippen LogP contribution in [0.25, 0.3) is 10.9 Å². The first-order chi connectivity index (χ1) is 14.3. The Balaban J connectivity index is 1.88. The second kappa shape index (κ2) is 9.47. The smallest absolute Gasteiger partial charge is 0.262 e. The third-order valence-electron chi connectivity index (χ3n) is 5.31. The number of thioether (sulfide) groups is 1. The minimum absolute atomic E-state index is 0.0569. The minimum Gasteiger partial charge on any atom is -0.325 e. The molecule has 0 aliphatic carbocycles. The lowest BCUT2D eigenvalue weighted by Gasteiger charge is -2.20. The SMILES string of the molecule is CC[C@@H](C)c1ccccc1NC(=O)[C@H](C)Sc1nc2ccccc2c(=O)n1C(C)C. The summed E-state index contributed by atoms with van der Waals surface area (Å²) in [7, 11) is 0. The quantitative estimate of drug-likeness (QED) is 0.396. The monoisotopic (exact) mass is 423 g/mol. The highest BCUT2D eigenvalue weighted by molar-refractivity contribution is 8.00. The van der Waals surface area contributed by atoms with Crippen LogP contribution < -0.4 is 10.9 Å². The van der Waals surface area contributed by atoms with E-state index in [2.05, 4.69) is 25.2 Å². The molecule has 2 atom stereocenters. The molecule has 0 bridgehead atoms. The van der Waals surface area contributed by atoms with Crippen molar-refractivity contribution in [1.29, 1.82) is 0 Å². The van der Waals surface area contributed by atoms with Crippen LogP contribution in [0.2, 0.25) is 0 Å². The number of aromatic nitrogens is 2.